The van der Waals surface area contributed by atoms with Crippen LogP contribution in [0.25, 0.3) is 0 Å². The van der Waals surface area contributed by atoms with Crippen molar-refractivity contribution < 1.29 is 13.9 Å². The molecule has 0 fully saturated rings. The third-order valence-corrected chi connectivity index (χ3v) is 2.75. The van der Waals surface area contributed by atoms with Gasteiger partial charge in [0.2, 0.25) is 5.88 Å². The predicted molar refractivity (Wildman–Crippen MR) is 69.2 cm³/mol. The Labute approximate surface area is 113 Å². The van der Waals surface area contributed by atoms with Crippen molar-refractivity contribution in [1.82, 2.24) is 4.98 Å². The van der Waals surface area contributed by atoms with Gasteiger partial charge in [0.25, 0.3) is 0 Å². The summed E-state index contributed by atoms with van der Waals surface area (Å²) >= 11 is 3.26. The molecular formula is C13H11BrFNO2. The van der Waals surface area contributed by atoms with Gasteiger partial charge in [-0.05, 0) is 24.3 Å². The van der Waals surface area contributed by atoms with Gasteiger partial charge in [0.05, 0.1) is 12.8 Å². The average Bonchev–Trinajstić information content (AvgIpc) is 2.40. The first kappa shape index (κ1) is 12.8. The minimum Gasteiger partial charge on any atom is -0.484 e. The number of nitrogens with zero attached hydrogens (tertiary/aromatic N) is 1. The van der Waals surface area contributed by atoms with Gasteiger partial charge >= 0.3 is 0 Å². The van der Waals surface area contributed by atoms with E-state index in [1.165, 1.54) is 6.07 Å². The molecule has 0 atom stereocenters. The Balaban J connectivity index is 2.08. The summed E-state index contributed by atoms with van der Waals surface area (Å²) < 4.78 is 24.6. The summed E-state index contributed by atoms with van der Waals surface area (Å²) in [5.74, 6) is 0.293. The molecular weight excluding hydrogens is 301 g/mol. The molecule has 0 aliphatic rings. The van der Waals surface area contributed by atoms with E-state index in [9.17, 15) is 4.39 Å². The number of rotatable bonds is 4. The monoisotopic (exact) mass is 311 g/mol. The van der Waals surface area contributed by atoms with Crippen molar-refractivity contribution in [2.24, 2.45) is 0 Å². The van der Waals surface area contributed by atoms with Crippen LogP contribution in [0.1, 0.15) is 5.69 Å². The number of halogens is 2. The molecule has 1 aromatic heterocycles. The summed E-state index contributed by atoms with van der Waals surface area (Å²) in [5.41, 5.74) is 0.675. The Kier molecular flexibility index (Phi) is 4.15. The molecule has 18 heavy (non-hydrogen) atoms. The molecule has 1 aromatic carbocycles. The van der Waals surface area contributed by atoms with E-state index in [2.05, 4.69) is 20.9 Å². The minimum absolute atomic E-state index is 0.185. The highest BCUT2D eigenvalue weighted by molar-refractivity contribution is 9.10. The van der Waals surface area contributed by atoms with E-state index in [1.807, 2.05) is 6.07 Å². The normalized spacial score (nSPS) is 10.2. The lowest BCUT2D eigenvalue weighted by molar-refractivity contribution is 0.283. The van der Waals surface area contributed by atoms with Gasteiger partial charge < -0.3 is 9.47 Å². The van der Waals surface area contributed by atoms with Crippen molar-refractivity contribution in [3.8, 4) is 11.6 Å². The first-order valence-electron chi connectivity index (χ1n) is 5.27. The molecule has 0 bridgehead atoms. The van der Waals surface area contributed by atoms with Crippen LogP contribution in [0.15, 0.2) is 40.9 Å². The SMILES string of the molecule is COc1cccc(COc2cc(Br)ccc2F)n1. The van der Waals surface area contributed by atoms with Crippen molar-refractivity contribution in [1.29, 1.82) is 0 Å². The van der Waals surface area contributed by atoms with E-state index in [1.54, 1.807) is 31.4 Å². The van der Waals surface area contributed by atoms with Gasteiger partial charge in [-0.1, -0.05) is 22.0 Å². The van der Waals surface area contributed by atoms with Crippen LogP contribution in [0.3, 0.4) is 0 Å². The predicted octanol–water partition coefficient (Wildman–Crippen LogP) is 3.57. The zero-order chi connectivity index (χ0) is 13.0. The molecule has 3 nitrogen and oxygen atoms in total. The van der Waals surface area contributed by atoms with Crippen LogP contribution < -0.4 is 9.47 Å². The highest BCUT2D eigenvalue weighted by atomic mass is 79.9. The van der Waals surface area contributed by atoms with E-state index < -0.39 is 5.82 Å². The number of methoxy groups -OCH3 is 1. The maximum Gasteiger partial charge on any atom is 0.213 e. The summed E-state index contributed by atoms with van der Waals surface area (Å²) in [5, 5.41) is 0. The molecule has 0 aliphatic carbocycles. The van der Waals surface area contributed by atoms with Crippen LogP contribution in [0, 0.1) is 5.82 Å². The molecule has 0 spiro atoms. The molecule has 2 rings (SSSR count). The van der Waals surface area contributed by atoms with E-state index >= 15 is 0 Å². The topological polar surface area (TPSA) is 31.4 Å². The molecule has 94 valence electrons. The maximum atomic E-state index is 13.4. The molecule has 0 saturated heterocycles. The quantitative estimate of drug-likeness (QED) is 0.865. The number of hydrogen-bond donors (Lipinski definition) is 0. The highest BCUT2D eigenvalue weighted by Crippen LogP contribution is 2.23. The molecule has 1 heterocycles. The number of pyridine rings is 1. The zero-order valence-electron chi connectivity index (χ0n) is 9.69. The largest absolute Gasteiger partial charge is 0.484 e. The summed E-state index contributed by atoms with van der Waals surface area (Å²) in [6.45, 7) is 0.185. The third-order valence-electron chi connectivity index (χ3n) is 2.26. The fraction of sp³-hybridized carbons (Fsp3) is 0.154. The molecule has 0 saturated carbocycles. The fourth-order valence-electron chi connectivity index (χ4n) is 1.39. The Morgan fingerprint density at radius 2 is 2.11 bits per heavy atom. The van der Waals surface area contributed by atoms with E-state index in [4.69, 9.17) is 9.47 Å². The van der Waals surface area contributed by atoms with E-state index in [0.717, 1.165) is 4.47 Å². The van der Waals surface area contributed by atoms with Crippen molar-refractivity contribution in [2.45, 2.75) is 6.61 Å². The van der Waals surface area contributed by atoms with Crippen molar-refractivity contribution >= 4 is 15.9 Å². The van der Waals surface area contributed by atoms with Crippen molar-refractivity contribution in [3.05, 3.63) is 52.4 Å². The molecule has 2 aromatic rings. The number of benzene rings is 1. The lowest BCUT2D eigenvalue weighted by atomic mass is 10.3. The zero-order valence-corrected chi connectivity index (χ0v) is 11.3. The van der Waals surface area contributed by atoms with E-state index in [-0.39, 0.29) is 12.4 Å². The van der Waals surface area contributed by atoms with Crippen molar-refractivity contribution in [3.63, 3.8) is 0 Å². The number of ether oxygens (including phenoxy) is 2. The first-order chi connectivity index (χ1) is 8.69. The van der Waals surface area contributed by atoms with Crippen LogP contribution in [0.5, 0.6) is 11.6 Å². The molecule has 0 aliphatic heterocycles. The third kappa shape index (κ3) is 3.20. The van der Waals surface area contributed by atoms with Gasteiger partial charge in [-0.2, -0.15) is 0 Å². The molecule has 0 radical (unpaired) electrons. The smallest absolute Gasteiger partial charge is 0.213 e. The molecule has 0 N–H and O–H groups in total. The van der Waals surface area contributed by atoms with Gasteiger partial charge in [0, 0.05) is 10.5 Å². The number of hydrogen-bond acceptors (Lipinski definition) is 3. The highest BCUT2D eigenvalue weighted by Gasteiger charge is 2.05. The van der Waals surface area contributed by atoms with Gasteiger partial charge in [0.1, 0.15) is 6.61 Å². The lowest BCUT2D eigenvalue weighted by Gasteiger charge is -2.08. The van der Waals surface area contributed by atoms with Gasteiger partial charge in [-0.3, -0.25) is 0 Å². The Morgan fingerprint density at radius 3 is 2.89 bits per heavy atom. The number of aromatic nitrogens is 1. The first-order valence-corrected chi connectivity index (χ1v) is 6.06. The van der Waals surface area contributed by atoms with Gasteiger partial charge in [-0.25, -0.2) is 9.37 Å². The summed E-state index contributed by atoms with van der Waals surface area (Å²) in [6.07, 6.45) is 0. The minimum atomic E-state index is -0.402. The van der Waals surface area contributed by atoms with Gasteiger partial charge in [-0.15, -0.1) is 0 Å². The summed E-state index contributed by atoms with van der Waals surface area (Å²) in [7, 11) is 1.54. The Morgan fingerprint density at radius 1 is 1.28 bits per heavy atom. The fourth-order valence-corrected chi connectivity index (χ4v) is 1.73. The Hall–Kier alpha value is -1.62. The second-order valence-electron chi connectivity index (χ2n) is 3.53. The summed E-state index contributed by atoms with van der Waals surface area (Å²) in [6, 6.07) is 9.88. The Bertz CT molecular complexity index is 548. The standard InChI is InChI=1S/C13H11BrFNO2/c1-17-13-4-2-3-10(16-13)8-18-12-7-9(14)5-6-11(12)15/h2-7H,8H2,1H3. The van der Waals surface area contributed by atoms with Gasteiger partial charge in [0.15, 0.2) is 11.6 Å². The van der Waals surface area contributed by atoms with Crippen LogP contribution in [0.4, 0.5) is 4.39 Å². The molecule has 5 heteroatoms. The van der Waals surface area contributed by atoms with E-state index in [0.29, 0.717) is 11.6 Å². The summed E-state index contributed by atoms with van der Waals surface area (Å²) in [4.78, 5) is 4.18. The lowest BCUT2D eigenvalue weighted by Crippen LogP contribution is -2.00. The van der Waals surface area contributed by atoms with Crippen molar-refractivity contribution in [2.75, 3.05) is 7.11 Å². The maximum absolute atomic E-state index is 13.4. The second kappa shape index (κ2) is 5.82. The van der Waals surface area contributed by atoms with Crippen LogP contribution >= 0.6 is 15.9 Å². The average molecular weight is 312 g/mol. The van der Waals surface area contributed by atoms with Crippen LogP contribution in [-0.2, 0) is 6.61 Å². The van der Waals surface area contributed by atoms with Crippen LogP contribution in [0.2, 0.25) is 0 Å². The van der Waals surface area contributed by atoms with Crippen LogP contribution in [-0.4, -0.2) is 12.1 Å². The molecule has 0 unspecified atom stereocenters. The second-order valence-corrected chi connectivity index (χ2v) is 4.45. The molecule has 0 amide bonds.